The van der Waals surface area contributed by atoms with E-state index in [-0.39, 0.29) is 17.4 Å². The summed E-state index contributed by atoms with van der Waals surface area (Å²) in [7, 11) is 0. The van der Waals surface area contributed by atoms with Crippen LogP contribution >= 0.6 is 0 Å². The van der Waals surface area contributed by atoms with Crippen molar-refractivity contribution in [3.8, 4) is 0 Å². The number of hydrogen-bond acceptors (Lipinski definition) is 6. The van der Waals surface area contributed by atoms with E-state index < -0.39 is 24.1 Å². The molecule has 6 rings (SSSR count). The largest absolute Gasteiger partial charge is 0.479 e. The summed E-state index contributed by atoms with van der Waals surface area (Å²) in [5.74, 6) is -1.35. The molecular weight excluding hydrogens is 512 g/mol. The Bertz CT molecular complexity index is 1110. The number of piperidine rings is 3. The van der Waals surface area contributed by atoms with Crippen molar-refractivity contribution in [3.63, 3.8) is 0 Å². The van der Waals surface area contributed by atoms with Gasteiger partial charge < -0.3 is 25.7 Å². The minimum absolute atomic E-state index is 0.0709. The van der Waals surface area contributed by atoms with Gasteiger partial charge in [0.25, 0.3) is 0 Å². The van der Waals surface area contributed by atoms with Crippen LogP contribution in [-0.2, 0) is 14.4 Å². The SMILES string of the molecule is CC1(NC(=O)CC(c2ccccc2)c2ccccc2)C2CC3CC1CN(C2)C3(C)C.O=C(O)C(O)C(O)C(=O)O. The number of aliphatic hydroxyl groups is 2. The number of rotatable bonds is 8. The Kier molecular flexibility index (Phi) is 8.68. The highest BCUT2D eigenvalue weighted by atomic mass is 16.4. The first-order chi connectivity index (χ1) is 18.8. The van der Waals surface area contributed by atoms with E-state index in [1.54, 1.807) is 0 Å². The highest BCUT2D eigenvalue weighted by Gasteiger charge is 2.60. The number of carbonyl (C=O) groups excluding carboxylic acids is 1. The Morgan fingerprint density at radius 2 is 1.23 bits per heavy atom. The summed E-state index contributed by atoms with van der Waals surface area (Å²) >= 11 is 0. The minimum atomic E-state index is -2.27. The molecule has 4 bridgehead atoms. The van der Waals surface area contributed by atoms with E-state index >= 15 is 0 Å². The van der Waals surface area contributed by atoms with Crippen LogP contribution in [0.5, 0.6) is 0 Å². The average Bonchev–Trinajstić information content (AvgIpc) is 2.91. The summed E-state index contributed by atoms with van der Waals surface area (Å²) in [6.45, 7) is 9.40. The van der Waals surface area contributed by atoms with Crippen LogP contribution in [0.4, 0.5) is 0 Å². The van der Waals surface area contributed by atoms with Gasteiger partial charge in [-0.2, -0.15) is 0 Å². The molecule has 2 aromatic rings. The lowest BCUT2D eigenvalue weighted by Crippen LogP contribution is -2.75. The smallest absolute Gasteiger partial charge is 0.335 e. The summed E-state index contributed by atoms with van der Waals surface area (Å²) in [5, 5.41) is 36.1. The maximum absolute atomic E-state index is 13.4. The third-order valence-corrected chi connectivity index (χ3v) is 9.54. The number of carboxylic acid groups (broad SMARTS) is 2. The fourth-order valence-electron chi connectivity index (χ4n) is 6.86. The number of nitrogens with zero attached hydrogens (tertiary/aromatic N) is 1. The van der Waals surface area contributed by atoms with Gasteiger partial charge in [0, 0.05) is 36.5 Å². The lowest BCUT2D eigenvalue weighted by molar-refractivity contribution is -0.165. The molecular formula is C31H40N2O7. The van der Waals surface area contributed by atoms with Gasteiger partial charge in [0.05, 0.1) is 0 Å². The number of nitrogens with one attached hydrogen (secondary N) is 1. The molecule has 4 unspecified atom stereocenters. The Labute approximate surface area is 234 Å². The Balaban J connectivity index is 0.000000318. The van der Waals surface area contributed by atoms with Crippen LogP contribution in [-0.4, -0.2) is 79.5 Å². The molecule has 9 heteroatoms. The highest BCUT2D eigenvalue weighted by molar-refractivity contribution is 5.83. The summed E-state index contributed by atoms with van der Waals surface area (Å²) in [6, 6.07) is 20.9. The Hall–Kier alpha value is -3.27. The second-order valence-electron chi connectivity index (χ2n) is 12.1. The number of aliphatic carboxylic acids is 2. The number of carboxylic acids is 2. The van der Waals surface area contributed by atoms with Crippen molar-refractivity contribution in [1.29, 1.82) is 0 Å². The van der Waals surface area contributed by atoms with Crippen molar-refractivity contribution in [1.82, 2.24) is 10.2 Å². The molecule has 4 aliphatic rings. The number of benzene rings is 2. The molecule has 1 saturated carbocycles. The molecule has 4 atom stereocenters. The third-order valence-electron chi connectivity index (χ3n) is 9.54. The molecule has 216 valence electrons. The van der Waals surface area contributed by atoms with E-state index in [4.69, 9.17) is 20.4 Å². The number of amides is 1. The maximum atomic E-state index is 13.4. The van der Waals surface area contributed by atoms with Crippen molar-refractivity contribution in [2.24, 2.45) is 17.8 Å². The zero-order valence-electron chi connectivity index (χ0n) is 23.2. The molecule has 3 heterocycles. The molecule has 3 saturated heterocycles. The standard InChI is InChI=1S/C27H34N2O.C4H6O6/c1-26(2)21-14-22-17-29(26)18-23(15-21)27(22,3)28-25(30)16-24(19-10-6-4-7-11-19)20-12-8-5-9-13-20;5-1(3(7)8)2(6)4(9)10/h4-13,21-24H,14-18H2,1-3H3,(H,28,30);1-2,5-6H,(H,7,8)(H,9,10). The van der Waals surface area contributed by atoms with Crippen molar-refractivity contribution < 1.29 is 34.8 Å². The predicted molar refractivity (Wildman–Crippen MR) is 149 cm³/mol. The van der Waals surface area contributed by atoms with Crippen LogP contribution < -0.4 is 5.32 Å². The van der Waals surface area contributed by atoms with E-state index in [0.29, 0.717) is 23.8 Å². The van der Waals surface area contributed by atoms with Crippen LogP contribution in [0.25, 0.3) is 0 Å². The van der Waals surface area contributed by atoms with E-state index in [0.717, 1.165) is 19.0 Å². The summed E-state index contributed by atoms with van der Waals surface area (Å²) in [5.41, 5.74) is 2.67. The molecule has 0 radical (unpaired) electrons. The van der Waals surface area contributed by atoms with Crippen LogP contribution in [0.15, 0.2) is 60.7 Å². The first-order valence-corrected chi connectivity index (χ1v) is 13.8. The van der Waals surface area contributed by atoms with E-state index in [2.05, 4.69) is 79.5 Å². The van der Waals surface area contributed by atoms with Crippen molar-refractivity contribution in [3.05, 3.63) is 71.8 Å². The van der Waals surface area contributed by atoms with E-state index in [1.165, 1.54) is 24.0 Å². The van der Waals surface area contributed by atoms with Gasteiger partial charge in [-0.15, -0.1) is 0 Å². The van der Waals surface area contributed by atoms with Crippen LogP contribution in [0.3, 0.4) is 0 Å². The summed E-state index contributed by atoms with van der Waals surface area (Å²) < 4.78 is 0. The van der Waals surface area contributed by atoms with Crippen LogP contribution in [0, 0.1) is 17.8 Å². The highest BCUT2D eigenvalue weighted by Crippen LogP contribution is 2.55. The zero-order chi connectivity index (χ0) is 29.2. The van der Waals surface area contributed by atoms with Gasteiger partial charge in [-0.1, -0.05) is 60.7 Å². The van der Waals surface area contributed by atoms with Gasteiger partial charge in [0.1, 0.15) is 0 Å². The van der Waals surface area contributed by atoms with E-state index in [1.807, 2.05) is 12.1 Å². The summed E-state index contributed by atoms with van der Waals surface area (Å²) in [6.07, 6.45) is -1.54. The van der Waals surface area contributed by atoms with Gasteiger partial charge in [-0.25, -0.2) is 9.59 Å². The molecule has 40 heavy (non-hydrogen) atoms. The Morgan fingerprint density at radius 3 is 1.60 bits per heavy atom. The maximum Gasteiger partial charge on any atom is 0.335 e. The molecule has 1 aliphatic carbocycles. The van der Waals surface area contributed by atoms with Gasteiger partial charge in [-0.3, -0.25) is 9.69 Å². The van der Waals surface area contributed by atoms with Gasteiger partial charge >= 0.3 is 11.9 Å². The average molecular weight is 553 g/mol. The molecule has 2 aromatic carbocycles. The monoisotopic (exact) mass is 552 g/mol. The lowest BCUT2D eigenvalue weighted by Gasteiger charge is -2.67. The fraction of sp³-hybridized carbons (Fsp3) is 0.516. The molecule has 1 amide bonds. The number of hydrogen-bond donors (Lipinski definition) is 5. The van der Waals surface area contributed by atoms with Crippen LogP contribution in [0.1, 0.15) is 57.1 Å². The number of carbonyl (C=O) groups is 3. The molecule has 5 N–H and O–H groups in total. The van der Waals surface area contributed by atoms with Crippen molar-refractivity contribution in [2.45, 2.75) is 69.2 Å². The zero-order valence-corrected chi connectivity index (χ0v) is 23.2. The molecule has 0 aromatic heterocycles. The van der Waals surface area contributed by atoms with Gasteiger partial charge in [0.15, 0.2) is 12.2 Å². The van der Waals surface area contributed by atoms with Gasteiger partial charge in [0.2, 0.25) is 5.91 Å². The fourth-order valence-corrected chi connectivity index (χ4v) is 6.86. The normalized spacial score (nSPS) is 29.1. The van der Waals surface area contributed by atoms with Crippen LogP contribution in [0.2, 0.25) is 0 Å². The molecule has 9 nitrogen and oxygen atoms in total. The minimum Gasteiger partial charge on any atom is -0.479 e. The second-order valence-corrected chi connectivity index (χ2v) is 12.1. The quantitative estimate of drug-likeness (QED) is 0.336. The first-order valence-electron chi connectivity index (χ1n) is 13.8. The molecule has 3 aliphatic heterocycles. The summed E-state index contributed by atoms with van der Waals surface area (Å²) in [4.78, 5) is 35.6. The topological polar surface area (TPSA) is 147 Å². The lowest BCUT2D eigenvalue weighted by atomic mass is 9.53. The first kappa shape index (κ1) is 29.7. The Morgan fingerprint density at radius 1 is 0.800 bits per heavy atom. The third kappa shape index (κ3) is 5.92. The predicted octanol–water partition coefficient (Wildman–Crippen LogP) is 2.71. The van der Waals surface area contributed by atoms with Gasteiger partial charge in [-0.05, 0) is 62.5 Å². The molecule has 0 spiro atoms. The van der Waals surface area contributed by atoms with Crippen molar-refractivity contribution in [2.75, 3.05) is 13.1 Å². The molecule has 4 fully saturated rings. The van der Waals surface area contributed by atoms with Crippen molar-refractivity contribution >= 4 is 17.8 Å². The number of aliphatic hydroxyl groups excluding tert-OH is 2. The van der Waals surface area contributed by atoms with E-state index in [9.17, 15) is 14.4 Å². The second kappa shape index (κ2) is 11.7.